The maximum absolute atomic E-state index is 13.7. The summed E-state index contributed by atoms with van der Waals surface area (Å²) in [7, 11) is 1.47. The van der Waals surface area contributed by atoms with Crippen molar-refractivity contribution in [1.29, 1.82) is 0 Å². The Bertz CT molecular complexity index is 493. The second-order valence-electron chi connectivity index (χ2n) is 4.57. The minimum Gasteiger partial charge on any atom is -0.481 e. The third kappa shape index (κ3) is 3.69. The largest absolute Gasteiger partial charge is 0.481 e. The number of benzene rings is 1. The standard InChI is InChI=1S/C14H19FN2O3/c1-4-17(9-10(2)13(18)19)14(20)16(3)12-8-6-5-7-11(12)15/h5-8,10H,4,9H2,1-3H3,(H,18,19). The maximum Gasteiger partial charge on any atom is 0.324 e. The van der Waals surface area contributed by atoms with Crippen LogP contribution in [-0.2, 0) is 4.79 Å². The number of carbonyl (C=O) groups excluding carboxylic acids is 1. The average molecular weight is 282 g/mol. The second-order valence-corrected chi connectivity index (χ2v) is 4.57. The third-order valence-corrected chi connectivity index (χ3v) is 3.07. The summed E-state index contributed by atoms with van der Waals surface area (Å²) in [6.45, 7) is 3.72. The summed E-state index contributed by atoms with van der Waals surface area (Å²) >= 11 is 0. The summed E-state index contributed by atoms with van der Waals surface area (Å²) in [5, 5.41) is 8.90. The lowest BCUT2D eigenvalue weighted by atomic mass is 10.2. The Morgan fingerprint density at radius 2 is 1.95 bits per heavy atom. The van der Waals surface area contributed by atoms with Crippen LogP contribution in [0, 0.1) is 11.7 Å². The van der Waals surface area contributed by atoms with Crippen LogP contribution in [0.3, 0.4) is 0 Å². The highest BCUT2D eigenvalue weighted by atomic mass is 19.1. The molecule has 0 aromatic heterocycles. The molecule has 20 heavy (non-hydrogen) atoms. The molecule has 1 aromatic rings. The smallest absolute Gasteiger partial charge is 0.324 e. The predicted molar refractivity (Wildman–Crippen MR) is 74.2 cm³/mol. The van der Waals surface area contributed by atoms with E-state index in [4.69, 9.17) is 5.11 Å². The summed E-state index contributed by atoms with van der Waals surface area (Å²) in [6, 6.07) is 5.53. The normalized spacial score (nSPS) is 11.8. The van der Waals surface area contributed by atoms with Crippen LogP contribution in [0.2, 0.25) is 0 Å². The molecule has 1 atom stereocenters. The molecule has 0 saturated carbocycles. The summed E-state index contributed by atoms with van der Waals surface area (Å²) in [5.74, 6) is -2.14. The monoisotopic (exact) mass is 282 g/mol. The highest BCUT2D eigenvalue weighted by molar-refractivity contribution is 5.91. The van der Waals surface area contributed by atoms with E-state index in [1.54, 1.807) is 19.1 Å². The summed E-state index contributed by atoms with van der Waals surface area (Å²) in [6.07, 6.45) is 0. The van der Waals surface area contributed by atoms with Gasteiger partial charge in [0, 0.05) is 20.1 Å². The van der Waals surface area contributed by atoms with Crippen molar-refractivity contribution in [1.82, 2.24) is 4.90 Å². The number of hydrogen-bond donors (Lipinski definition) is 1. The van der Waals surface area contributed by atoms with Gasteiger partial charge < -0.3 is 10.0 Å². The summed E-state index contributed by atoms with van der Waals surface area (Å²) < 4.78 is 13.7. The van der Waals surface area contributed by atoms with Gasteiger partial charge in [-0.25, -0.2) is 9.18 Å². The molecule has 0 saturated heterocycles. The molecule has 1 N–H and O–H groups in total. The second kappa shape index (κ2) is 6.88. The first-order chi connectivity index (χ1) is 9.38. The fraction of sp³-hybridized carbons (Fsp3) is 0.429. The number of urea groups is 1. The van der Waals surface area contributed by atoms with Crippen molar-refractivity contribution >= 4 is 17.7 Å². The molecule has 1 rings (SSSR count). The zero-order chi connectivity index (χ0) is 15.3. The van der Waals surface area contributed by atoms with Crippen molar-refractivity contribution < 1.29 is 19.1 Å². The Morgan fingerprint density at radius 3 is 2.45 bits per heavy atom. The summed E-state index contributed by atoms with van der Waals surface area (Å²) in [4.78, 5) is 25.7. The number of anilines is 1. The van der Waals surface area contributed by atoms with E-state index in [2.05, 4.69) is 0 Å². The molecule has 1 aromatic carbocycles. The molecule has 6 heteroatoms. The Labute approximate surface area is 117 Å². The van der Waals surface area contributed by atoms with E-state index in [9.17, 15) is 14.0 Å². The first kappa shape index (κ1) is 15.9. The quantitative estimate of drug-likeness (QED) is 0.902. The topological polar surface area (TPSA) is 60.9 Å². The Kier molecular flexibility index (Phi) is 5.49. The number of para-hydroxylation sites is 1. The third-order valence-electron chi connectivity index (χ3n) is 3.07. The van der Waals surface area contributed by atoms with Crippen molar-refractivity contribution in [3.63, 3.8) is 0 Å². The van der Waals surface area contributed by atoms with E-state index in [0.717, 1.165) is 0 Å². The maximum atomic E-state index is 13.7. The molecular formula is C14H19FN2O3. The predicted octanol–water partition coefficient (Wildman–Crippen LogP) is 2.42. The number of aliphatic carboxylic acids is 1. The number of nitrogens with zero attached hydrogens (tertiary/aromatic N) is 2. The van der Waals surface area contributed by atoms with Gasteiger partial charge in [-0.15, -0.1) is 0 Å². The number of rotatable bonds is 5. The molecule has 0 aliphatic rings. The van der Waals surface area contributed by atoms with Crippen LogP contribution in [0.15, 0.2) is 24.3 Å². The SMILES string of the molecule is CCN(CC(C)C(=O)O)C(=O)N(C)c1ccccc1F. The van der Waals surface area contributed by atoms with Crippen molar-refractivity contribution in [2.24, 2.45) is 5.92 Å². The van der Waals surface area contributed by atoms with Crippen LogP contribution in [0.1, 0.15) is 13.8 Å². The minimum atomic E-state index is -0.968. The van der Waals surface area contributed by atoms with Crippen molar-refractivity contribution in [2.45, 2.75) is 13.8 Å². The van der Waals surface area contributed by atoms with Crippen LogP contribution >= 0.6 is 0 Å². The van der Waals surface area contributed by atoms with Crippen molar-refractivity contribution in [2.75, 3.05) is 25.0 Å². The highest BCUT2D eigenvalue weighted by Gasteiger charge is 2.23. The Hall–Kier alpha value is -2.11. The van der Waals surface area contributed by atoms with Crippen molar-refractivity contribution in [3.05, 3.63) is 30.1 Å². The molecule has 5 nitrogen and oxygen atoms in total. The lowest BCUT2D eigenvalue weighted by Crippen LogP contribution is -2.44. The molecule has 110 valence electrons. The summed E-state index contributed by atoms with van der Waals surface area (Å²) in [5.41, 5.74) is 0.166. The van der Waals surface area contributed by atoms with Crippen LogP contribution in [0.4, 0.5) is 14.9 Å². The van der Waals surface area contributed by atoms with E-state index < -0.39 is 23.7 Å². The lowest BCUT2D eigenvalue weighted by molar-refractivity contribution is -0.141. The number of hydrogen-bond acceptors (Lipinski definition) is 2. The van der Waals surface area contributed by atoms with E-state index in [0.29, 0.717) is 6.54 Å². The van der Waals surface area contributed by atoms with Crippen LogP contribution in [0.5, 0.6) is 0 Å². The van der Waals surface area contributed by atoms with Crippen molar-refractivity contribution in [3.8, 4) is 0 Å². The molecule has 0 radical (unpaired) electrons. The van der Waals surface area contributed by atoms with Crippen LogP contribution < -0.4 is 4.90 Å². The minimum absolute atomic E-state index is 0.0868. The van der Waals surface area contributed by atoms with Gasteiger partial charge in [0.25, 0.3) is 0 Å². The van der Waals surface area contributed by atoms with E-state index in [-0.39, 0.29) is 12.2 Å². The number of carboxylic acids is 1. The van der Waals surface area contributed by atoms with E-state index in [1.165, 1.54) is 35.9 Å². The number of halogens is 1. The molecule has 0 aliphatic heterocycles. The van der Waals surface area contributed by atoms with Gasteiger partial charge >= 0.3 is 12.0 Å². The lowest BCUT2D eigenvalue weighted by Gasteiger charge is -2.28. The molecule has 1 unspecified atom stereocenters. The Morgan fingerprint density at radius 1 is 1.35 bits per heavy atom. The average Bonchev–Trinajstić information content (AvgIpc) is 2.43. The van der Waals surface area contributed by atoms with Gasteiger partial charge in [0.2, 0.25) is 0 Å². The zero-order valence-corrected chi connectivity index (χ0v) is 11.8. The first-order valence-corrected chi connectivity index (χ1v) is 6.38. The highest BCUT2D eigenvalue weighted by Crippen LogP contribution is 2.18. The van der Waals surface area contributed by atoms with Crippen LogP contribution in [0.25, 0.3) is 0 Å². The molecule has 2 amide bonds. The fourth-order valence-corrected chi connectivity index (χ4v) is 1.79. The van der Waals surface area contributed by atoms with Gasteiger partial charge in [-0.1, -0.05) is 19.1 Å². The number of amides is 2. The van der Waals surface area contributed by atoms with Gasteiger partial charge in [-0.3, -0.25) is 9.69 Å². The van der Waals surface area contributed by atoms with Crippen LogP contribution in [-0.4, -0.2) is 42.1 Å². The first-order valence-electron chi connectivity index (χ1n) is 6.38. The Balaban J connectivity index is 2.86. The van der Waals surface area contributed by atoms with E-state index >= 15 is 0 Å². The van der Waals surface area contributed by atoms with Gasteiger partial charge in [0.1, 0.15) is 5.82 Å². The molecule has 0 fully saturated rings. The molecule has 0 bridgehead atoms. The number of carboxylic acid groups (broad SMARTS) is 1. The fourth-order valence-electron chi connectivity index (χ4n) is 1.79. The van der Waals surface area contributed by atoms with Gasteiger partial charge in [0.15, 0.2) is 0 Å². The molecular weight excluding hydrogens is 263 g/mol. The molecule has 0 heterocycles. The van der Waals surface area contributed by atoms with E-state index in [1.807, 2.05) is 0 Å². The van der Waals surface area contributed by atoms with Gasteiger partial charge in [-0.2, -0.15) is 0 Å². The van der Waals surface area contributed by atoms with Gasteiger partial charge in [0.05, 0.1) is 11.6 Å². The zero-order valence-electron chi connectivity index (χ0n) is 11.8. The van der Waals surface area contributed by atoms with Gasteiger partial charge in [-0.05, 0) is 19.1 Å². The number of carbonyl (C=O) groups is 2. The molecule has 0 spiro atoms. The molecule has 0 aliphatic carbocycles.